The first-order valence-electron chi connectivity index (χ1n) is 7.19. The minimum Gasteiger partial charge on any atom is -0.298 e. The number of benzene rings is 1. The largest absolute Gasteiger partial charge is 0.298 e. The van der Waals surface area contributed by atoms with Crippen molar-refractivity contribution in [3.63, 3.8) is 0 Å². The van der Waals surface area contributed by atoms with Gasteiger partial charge in [0.05, 0.1) is 17.3 Å². The number of amides is 3. The second-order valence-corrected chi connectivity index (χ2v) is 5.80. The third kappa shape index (κ3) is 2.61. The van der Waals surface area contributed by atoms with Crippen LogP contribution in [0.1, 0.15) is 6.92 Å². The Kier molecular flexibility index (Phi) is 3.98. The molecule has 0 spiro atoms. The van der Waals surface area contributed by atoms with Crippen LogP contribution in [0.5, 0.6) is 0 Å². The van der Waals surface area contributed by atoms with Crippen molar-refractivity contribution in [2.75, 3.05) is 12.1 Å². The van der Waals surface area contributed by atoms with Crippen LogP contribution in [-0.2, 0) is 14.4 Å². The number of hydrogen-bond acceptors (Lipinski definition) is 5. The molecule has 1 unspecified atom stereocenters. The fourth-order valence-corrected chi connectivity index (χ4v) is 2.63. The molecule has 0 saturated carbocycles. The second kappa shape index (κ2) is 5.97. The lowest BCUT2D eigenvalue weighted by molar-refractivity contribution is -0.128. The summed E-state index contributed by atoms with van der Waals surface area (Å²) >= 11 is 4.89. The van der Waals surface area contributed by atoms with Crippen LogP contribution < -0.4 is 10.3 Å². The first-order chi connectivity index (χ1) is 11.4. The van der Waals surface area contributed by atoms with Crippen molar-refractivity contribution in [3.8, 4) is 0 Å². The summed E-state index contributed by atoms with van der Waals surface area (Å²) in [5, 5.41) is 7.98. The van der Waals surface area contributed by atoms with Gasteiger partial charge in [0, 0.05) is 7.05 Å². The fourth-order valence-electron chi connectivity index (χ4n) is 2.46. The molecule has 1 N–H and O–H groups in total. The van der Waals surface area contributed by atoms with Crippen molar-refractivity contribution in [3.05, 3.63) is 42.0 Å². The van der Waals surface area contributed by atoms with Gasteiger partial charge in [-0.05, 0) is 37.4 Å². The Morgan fingerprint density at radius 2 is 1.88 bits per heavy atom. The molecule has 1 saturated heterocycles. The van der Waals surface area contributed by atoms with E-state index in [0.29, 0.717) is 11.4 Å². The maximum Gasteiger partial charge on any atom is 0.265 e. The molecule has 3 rings (SSSR count). The lowest BCUT2D eigenvalue weighted by Crippen LogP contribution is -2.52. The minimum absolute atomic E-state index is 0.0381. The zero-order valence-electron chi connectivity index (χ0n) is 13.0. The normalized spacial score (nSPS) is 23.0. The number of nitrogens with one attached hydrogen (secondary N) is 1. The van der Waals surface area contributed by atoms with Crippen molar-refractivity contribution < 1.29 is 14.4 Å². The molecule has 2 aliphatic heterocycles. The van der Waals surface area contributed by atoms with Crippen LogP contribution in [0, 0.1) is 5.92 Å². The summed E-state index contributed by atoms with van der Waals surface area (Å²) in [5.74, 6) is -2.23. The van der Waals surface area contributed by atoms with E-state index in [1.807, 2.05) is 6.07 Å². The lowest BCUT2D eigenvalue weighted by atomic mass is 9.99. The Morgan fingerprint density at radius 1 is 1.21 bits per heavy atom. The van der Waals surface area contributed by atoms with Gasteiger partial charge in [-0.25, -0.2) is 0 Å². The summed E-state index contributed by atoms with van der Waals surface area (Å²) in [6.07, 6.45) is 1.35. The van der Waals surface area contributed by atoms with E-state index in [4.69, 9.17) is 12.2 Å². The number of hydrazone groups is 1. The molecule has 8 heteroatoms. The number of carbonyl (C=O) groups excluding carboxylic acids is 3. The molecular weight excluding hydrogens is 328 g/mol. The molecule has 1 atom stereocenters. The van der Waals surface area contributed by atoms with E-state index >= 15 is 0 Å². The summed E-state index contributed by atoms with van der Waals surface area (Å²) in [5.41, 5.74) is 1.02. The van der Waals surface area contributed by atoms with E-state index in [9.17, 15) is 14.4 Å². The van der Waals surface area contributed by atoms with Gasteiger partial charge in [0.2, 0.25) is 0 Å². The number of rotatable bonds is 2. The third-order valence-electron chi connectivity index (χ3n) is 3.82. The first-order valence-corrected chi connectivity index (χ1v) is 7.60. The monoisotopic (exact) mass is 342 g/mol. The Balaban J connectivity index is 1.92. The highest BCUT2D eigenvalue weighted by molar-refractivity contribution is 7.80. The number of nitrogens with zero attached hydrogens (tertiary/aromatic N) is 3. The summed E-state index contributed by atoms with van der Waals surface area (Å²) < 4.78 is 0. The highest BCUT2D eigenvalue weighted by Crippen LogP contribution is 2.25. The number of para-hydroxylation sites is 1. The van der Waals surface area contributed by atoms with Gasteiger partial charge in [-0.1, -0.05) is 18.2 Å². The predicted octanol–water partition coefficient (Wildman–Crippen LogP) is 0.825. The number of likely N-dealkylation sites (N-methyl/N-ethyl adjacent to an activating group) is 1. The molecular formula is C16H14N4O3S. The van der Waals surface area contributed by atoms with Gasteiger partial charge < -0.3 is 0 Å². The lowest BCUT2D eigenvalue weighted by Gasteiger charge is -2.25. The average Bonchev–Trinajstić information content (AvgIpc) is 2.85. The second-order valence-electron chi connectivity index (χ2n) is 5.41. The van der Waals surface area contributed by atoms with Gasteiger partial charge in [-0.15, -0.1) is 0 Å². The molecule has 0 bridgehead atoms. The minimum atomic E-state index is -0.769. The molecule has 0 radical (unpaired) electrons. The summed E-state index contributed by atoms with van der Waals surface area (Å²) in [7, 11) is 1.46. The fraction of sp³-hybridized carbons (Fsp3) is 0.188. The van der Waals surface area contributed by atoms with E-state index < -0.39 is 17.7 Å². The van der Waals surface area contributed by atoms with Crippen molar-refractivity contribution in [2.45, 2.75) is 6.92 Å². The van der Waals surface area contributed by atoms with Crippen LogP contribution in [0.3, 0.4) is 0 Å². The van der Waals surface area contributed by atoms with E-state index in [-0.39, 0.29) is 16.6 Å². The van der Waals surface area contributed by atoms with E-state index in [1.54, 1.807) is 31.2 Å². The Morgan fingerprint density at radius 3 is 2.54 bits per heavy atom. The maximum atomic E-state index is 12.6. The molecule has 1 fully saturated rings. The van der Waals surface area contributed by atoms with Crippen molar-refractivity contribution in [1.29, 1.82) is 0 Å². The maximum absolute atomic E-state index is 12.6. The number of anilines is 1. The smallest absolute Gasteiger partial charge is 0.265 e. The number of thiocarbonyl (C=S) groups is 1. The molecule has 0 aliphatic carbocycles. The van der Waals surface area contributed by atoms with Gasteiger partial charge in [0.1, 0.15) is 5.57 Å². The Bertz CT molecular complexity index is 816. The highest BCUT2D eigenvalue weighted by Gasteiger charge is 2.37. The SMILES string of the molecule is CC1=NN(c2ccccc2)C(=O)C1/C=C1/C(=O)NC(=S)N(C)C1=O. The van der Waals surface area contributed by atoms with E-state index in [1.165, 1.54) is 18.1 Å². The van der Waals surface area contributed by atoms with Crippen LogP contribution >= 0.6 is 12.2 Å². The molecule has 2 aliphatic rings. The highest BCUT2D eigenvalue weighted by atomic mass is 32.1. The summed E-state index contributed by atoms with van der Waals surface area (Å²) in [4.78, 5) is 38.1. The van der Waals surface area contributed by atoms with Gasteiger partial charge >= 0.3 is 0 Å². The zero-order chi connectivity index (χ0) is 17.4. The molecule has 7 nitrogen and oxygen atoms in total. The molecule has 122 valence electrons. The number of carbonyl (C=O) groups is 3. The number of hydrogen-bond donors (Lipinski definition) is 1. The van der Waals surface area contributed by atoms with Crippen molar-refractivity contribution in [2.24, 2.45) is 11.0 Å². The average molecular weight is 342 g/mol. The Hall–Kier alpha value is -2.87. The predicted molar refractivity (Wildman–Crippen MR) is 92.1 cm³/mol. The van der Waals surface area contributed by atoms with E-state index in [2.05, 4.69) is 10.4 Å². The third-order valence-corrected chi connectivity index (χ3v) is 4.20. The van der Waals surface area contributed by atoms with Gasteiger partial charge in [0.25, 0.3) is 17.7 Å². The molecule has 24 heavy (non-hydrogen) atoms. The van der Waals surface area contributed by atoms with Crippen LogP contribution in [0.4, 0.5) is 5.69 Å². The van der Waals surface area contributed by atoms with Crippen molar-refractivity contribution in [1.82, 2.24) is 10.2 Å². The van der Waals surface area contributed by atoms with Crippen molar-refractivity contribution >= 4 is 46.5 Å². The summed E-state index contributed by atoms with van der Waals surface area (Å²) in [6, 6.07) is 8.95. The molecule has 3 amide bonds. The van der Waals surface area contributed by atoms with Crippen LogP contribution in [-0.4, -0.2) is 40.5 Å². The van der Waals surface area contributed by atoms with Gasteiger partial charge in [-0.3, -0.25) is 24.6 Å². The quantitative estimate of drug-likeness (QED) is 0.490. The zero-order valence-corrected chi connectivity index (χ0v) is 13.8. The first kappa shape index (κ1) is 16.0. The molecule has 0 aromatic heterocycles. The van der Waals surface area contributed by atoms with Crippen LogP contribution in [0.15, 0.2) is 47.1 Å². The Labute approximate surface area is 143 Å². The molecule has 2 heterocycles. The summed E-state index contributed by atoms with van der Waals surface area (Å²) in [6.45, 7) is 1.68. The van der Waals surface area contributed by atoms with Crippen LogP contribution in [0.25, 0.3) is 0 Å². The van der Waals surface area contributed by atoms with E-state index in [0.717, 1.165) is 4.90 Å². The van der Waals surface area contributed by atoms with Crippen LogP contribution in [0.2, 0.25) is 0 Å². The molecule has 1 aromatic rings. The topological polar surface area (TPSA) is 82.1 Å². The van der Waals surface area contributed by atoms with Gasteiger partial charge in [0.15, 0.2) is 5.11 Å². The molecule has 1 aromatic carbocycles. The van der Waals surface area contributed by atoms with Gasteiger partial charge in [-0.2, -0.15) is 10.1 Å². The standard InChI is InChI=1S/C16H14N4O3S/c1-9-11(8-12-13(21)17-16(24)19(2)14(12)22)15(23)20(18-9)10-6-4-3-5-7-10/h3-8,11H,1-2H3,(H,17,21,24)/b12-8-.